The fourth-order valence-electron chi connectivity index (χ4n) is 3.71. The van der Waals surface area contributed by atoms with Gasteiger partial charge >= 0.3 is 0 Å². The lowest BCUT2D eigenvalue weighted by Crippen LogP contribution is -2.30. The van der Waals surface area contributed by atoms with Crippen LogP contribution in [0.1, 0.15) is 23.5 Å². The molecule has 0 fully saturated rings. The van der Waals surface area contributed by atoms with Crippen molar-refractivity contribution in [3.05, 3.63) is 53.6 Å². The fraction of sp³-hybridized carbons (Fsp3) is 0.278. The number of carbonyl (C=O) groups is 1. The Hall–Kier alpha value is -2.34. The van der Waals surface area contributed by atoms with Crippen molar-refractivity contribution in [2.24, 2.45) is 0 Å². The molecule has 4 rings (SSSR count). The Bertz CT molecular complexity index is 922. The standard InChI is InChI=1S/C18H17NO4S/c1-23-16-8-7-12-9-14(20)10-13-11-19(18(16)17(12)13)24(21,22)15-5-3-2-4-6-15/h2-8,13H,9-11H2,1H3. The number of ether oxygens (including phenoxy) is 1. The van der Waals surface area contributed by atoms with E-state index in [-0.39, 0.29) is 23.1 Å². The van der Waals surface area contributed by atoms with Crippen molar-refractivity contribution in [2.75, 3.05) is 18.0 Å². The second-order valence-corrected chi connectivity index (χ2v) is 8.02. The predicted octanol–water partition coefficient (Wildman–Crippen LogP) is 2.50. The molecule has 2 aliphatic rings. The fourth-order valence-corrected chi connectivity index (χ4v) is 5.27. The van der Waals surface area contributed by atoms with Gasteiger partial charge in [0.15, 0.2) is 0 Å². The van der Waals surface area contributed by atoms with E-state index in [1.54, 1.807) is 36.4 Å². The van der Waals surface area contributed by atoms with Gasteiger partial charge in [-0.1, -0.05) is 24.3 Å². The zero-order valence-corrected chi connectivity index (χ0v) is 14.0. The Balaban J connectivity index is 1.91. The topological polar surface area (TPSA) is 63.7 Å². The summed E-state index contributed by atoms with van der Waals surface area (Å²) in [7, 11) is -2.16. The van der Waals surface area contributed by atoms with Gasteiger partial charge in [0.25, 0.3) is 10.0 Å². The normalized spacial score (nSPS) is 19.3. The Morgan fingerprint density at radius 1 is 1.12 bits per heavy atom. The molecule has 1 heterocycles. The molecule has 0 bridgehead atoms. The maximum Gasteiger partial charge on any atom is 0.264 e. The molecule has 24 heavy (non-hydrogen) atoms. The van der Waals surface area contributed by atoms with E-state index in [9.17, 15) is 13.2 Å². The minimum Gasteiger partial charge on any atom is -0.495 e. The summed E-state index contributed by atoms with van der Waals surface area (Å²) in [4.78, 5) is 12.2. The molecule has 2 aromatic carbocycles. The molecule has 5 nitrogen and oxygen atoms in total. The number of nitrogens with zero attached hydrogens (tertiary/aromatic N) is 1. The minimum atomic E-state index is -3.69. The van der Waals surface area contributed by atoms with E-state index in [1.165, 1.54) is 11.4 Å². The summed E-state index contributed by atoms with van der Waals surface area (Å²) in [5.74, 6) is 0.595. The number of Topliss-reactive ketones (excluding diaryl/α,β-unsaturated/α-hetero) is 1. The molecular formula is C18H17NO4S. The van der Waals surface area contributed by atoms with Crippen molar-refractivity contribution in [1.29, 1.82) is 0 Å². The first-order valence-corrected chi connectivity index (χ1v) is 9.25. The van der Waals surface area contributed by atoms with Crippen LogP contribution in [0.25, 0.3) is 0 Å². The molecule has 0 N–H and O–H groups in total. The molecule has 0 radical (unpaired) electrons. The molecule has 2 aromatic rings. The molecule has 0 spiro atoms. The van der Waals surface area contributed by atoms with E-state index < -0.39 is 10.0 Å². The number of ketones is 1. The van der Waals surface area contributed by atoms with Crippen LogP contribution in [-0.2, 0) is 21.2 Å². The van der Waals surface area contributed by atoms with Gasteiger partial charge in [0, 0.05) is 25.3 Å². The predicted molar refractivity (Wildman–Crippen MR) is 90.0 cm³/mol. The summed E-state index contributed by atoms with van der Waals surface area (Å²) >= 11 is 0. The van der Waals surface area contributed by atoms with Crippen molar-refractivity contribution in [1.82, 2.24) is 0 Å². The van der Waals surface area contributed by atoms with Crippen LogP contribution >= 0.6 is 0 Å². The highest BCUT2D eigenvalue weighted by molar-refractivity contribution is 7.92. The van der Waals surface area contributed by atoms with Gasteiger partial charge in [-0.15, -0.1) is 0 Å². The average Bonchev–Trinajstić information content (AvgIpc) is 2.97. The van der Waals surface area contributed by atoms with Crippen LogP contribution in [0.15, 0.2) is 47.4 Å². The van der Waals surface area contributed by atoms with Gasteiger partial charge in [-0.3, -0.25) is 9.10 Å². The lowest BCUT2D eigenvalue weighted by molar-refractivity contribution is -0.119. The van der Waals surface area contributed by atoms with E-state index in [1.807, 2.05) is 6.07 Å². The number of hydrogen-bond acceptors (Lipinski definition) is 4. The van der Waals surface area contributed by atoms with Gasteiger partial charge < -0.3 is 4.74 Å². The lowest BCUT2D eigenvalue weighted by atomic mass is 9.83. The third-order valence-electron chi connectivity index (χ3n) is 4.73. The summed E-state index contributed by atoms with van der Waals surface area (Å²) in [5.41, 5.74) is 2.46. The van der Waals surface area contributed by atoms with Gasteiger partial charge in [-0.2, -0.15) is 0 Å². The van der Waals surface area contributed by atoms with Crippen LogP contribution in [0.4, 0.5) is 5.69 Å². The zero-order chi connectivity index (χ0) is 16.9. The maximum absolute atomic E-state index is 13.1. The first kappa shape index (κ1) is 15.2. The summed E-state index contributed by atoms with van der Waals surface area (Å²) in [5, 5.41) is 0. The molecule has 1 unspecified atom stereocenters. The van der Waals surface area contributed by atoms with Crippen LogP contribution in [0.3, 0.4) is 0 Å². The Kier molecular flexibility index (Phi) is 3.38. The van der Waals surface area contributed by atoms with Crippen LogP contribution in [0, 0.1) is 0 Å². The van der Waals surface area contributed by atoms with Crippen molar-refractivity contribution in [2.45, 2.75) is 23.7 Å². The highest BCUT2D eigenvalue weighted by Gasteiger charge is 2.42. The van der Waals surface area contributed by atoms with E-state index in [0.717, 1.165) is 11.1 Å². The van der Waals surface area contributed by atoms with E-state index in [0.29, 0.717) is 24.3 Å². The third kappa shape index (κ3) is 2.13. The zero-order valence-electron chi connectivity index (χ0n) is 13.2. The van der Waals surface area contributed by atoms with Crippen LogP contribution in [0.5, 0.6) is 5.75 Å². The summed E-state index contributed by atoms with van der Waals surface area (Å²) in [6, 6.07) is 12.0. The highest BCUT2D eigenvalue weighted by atomic mass is 32.2. The molecule has 0 saturated heterocycles. The molecule has 124 valence electrons. The molecule has 6 heteroatoms. The second kappa shape index (κ2) is 5.34. The molecule has 1 atom stereocenters. The average molecular weight is 343 g/mol. The number of benzene rings is 2. The maximum atomic E-state index is 13.1. The number of methoxy groups -OCH3 is 1. The molecular weight excluding hydrogens is 326 g/mol. The molecule has 0 aromatic heterocycles. The van der Waals surface area contributed by atoms with Gasteiger partial charge in [0.2, 0.25) is 0 Å². The van der Waals surface area contributed by atoms with E-state index >= 15 is 0 Å². The van der Waals surface area contributed by atoms with Crippen LogP contribution < -0.4 is 9.04 Å². The number of carbonyl (C=O) groups excluding carboxylic acids is 1. The van der Waals surface area contributed by atoms with Crippen LogP contribution in [0.2, 0.25) is 0 Å². The molecule has 1 aliphatic carbocycles. The summed E-state index contributed by atoms with van der Waals surface area (Å²) in [6.07, 6.45) is 0.746. The summed E-state index contributed by atoms with van der Waals surface area (Å²) < 4.78 is 33.1. The summed E-state index contributed by atoms with van der Waals surface area (Å²) in [6.45, 7) is 0.283. The Labute approximate surface area is 140 Å². The van der Waals surface area contributed by atoms with Gasteiger partial charge in [-0.05, 0) is 29.3 Å². The first-order chi connectivity index (χ1) is 11.5. The number of anilines is 1. The Morgan fingerprint density at radius 3 is 2.58 bits per heavy atom. The monoisotopic (exact) mass is 343 g/mol. The molecule has 0 saturated carbocycles. The SMILES string of the molecule is COc1ccc2c3c1N(S(=O)(=O)c1ccccc1)CC3CC(=O)C2. The largest absolute Gasteiger partial charge is 0.495 e. The first-order valence-electron chi connectivity index (χ1n) is 7.81. The van der Waals surface area contributed by atoms with Crippen LogP contribution in [-0.4, -0.2) is 27.9 Å². The van der Waals surface area contributed by atoms with Crippen molar-refractivity contribution in [3.63, 3.8) is 0 Å². The third-order valence-corrected chi connectivity index (χ3v) is 6.51. The molecule has 0 amide bonds. The van der Waals surface area contributed by atoms with Gasteiger partial charge in [0.05, 0.1) is 17.7 Å². The van der Waals surface area contributed by atoms with Crippen molar-refractivity contribution >= 4 is 21.5 Å². The number of sulfonamides is 1. The molecule has 1 aliphatic heterocycles. The Morgan fingerprint density at radius 2 is 1.88 bits per heavy atom. The van der Waals surface area contributed by atoms with Gasteiger partial charge in [0.1, 0.15) is 11.5 Å². The minimum absolute atomic E-state index is 0.0927. The highest BCUT2D eigenvalue weighted by Crippen LogP contribution is 2.50. The smallest absolute Gasteiger partial charge is 0.264 e. The second-order valence-electron chi connectivity index (χ2n) is 6.15. The number of rotatable bonds is 3. The number of hydrogen-bond donors (Lipinski definition) is 0. The van der Waals surface area contributed by atoms with E-state index in [4.69, 9.17) is 4.74 Å². The van der Waals surface area contributed by atoms with Crippen molar-refractivity contribution < 1.29 is 17.9 Å². The van der Waals surface area contributed by atoms with Crippen molar-refractivity contribution in [3.8, 4) is 5.75 Å². The quantitative estimate of drug-likeness (QED) is 0.859. The van der Waals surface area contributed by atoms with Gasteiger partial charge in [-0.25, -0.2) is 8.42 Å². The lowest BCUT2D eigenvalue weighted by Gasteiger charge is -2.22. The van der Waals surface area contributed by atoms with E-state index in [2.05, 4.69) is 0 Å².